The Balaban J connectivity index is 4.61. The molecular formula is C9H14F3NO4. The zero-order valence-corrected chi connectivity index (χ0v) is 9.63. The molecule has 0 bridgehead atoms. The van der Waals surface area contributed by atoms with E-state index in [1.807, 2.05) is 5.32 Å². The quantitative estimate of drug-likeness (QED) is 0.732. The molecular weight excluding hydrogens is 243 g/mol. The van der Waals surface area contributed by atoms with E-state index in [9.17, 15) is 22.8 Å². The van der Waals surface area contributed by atoms with Crippen molar-refractivity contribution >= 4 is 11.9 Å². The molecule has 0 heterocycles. The molecule has 17 heavy (non-hydrogen) atoms. The number of carbonyl (C=O) groups excluding carboxylic acids is 2. The molecule has 5 nitrogen and oxygen atoms in total. The van der Waals surface area contributed by atoms with Crippen molar-refractivity contribution in [3.8, 4) is 0 Å². The first-order chi connectivity index (χ1) is 7.72. The van der Waals surface area contributed by atoms with Gasteiger partial charge in [0.1, 0.15) is 12.1 Å². The standard InChI is InChI=1S/C9H14F3NO4/c1-5(8(15)17-3)13-6(9(10,11)12)4-7(14)16-2/h5-6,13H,4H2,1-3H3/t5-,6-/m0/s1. The zero-order chi connectivity index (χ0) is 13.6. The van der Waals surface area contributed by atoms with Crippen LogP contribution in [0.5, 0.6) is 0 Å². The van der Waals surface area contributed by atoms with Gasteiger partial charge >= 0.3 is 18.1 Å². The number of hydrogen-bond donors (Lipinski definition) is 1. The molecule has 0 rings (SSSR count). The van der Waals surface area contributed by atoms with Gasteiger partial charge in [-0.2, -0.15) is 13.2 Å². The van der Waals surface area contributed by atoms with Crippen LogP contribution in [0.15, 0.2) is 0 Å². The van der Waals surface area contributed by atoms with E-state index >= 15 is 0 Å². The minimum atomic E-state index is -4.66. The van der Waals surface area contributed by atoms with Gasteiger partial charge in [0.25, 0.3) is 0 Å². The molecule has 8 heteroatoms. The smallest absolute Gasteiger partial charge is 0.404 e. The second kappa shape index (κ2) is 6.43. The van der Waals surface area contributed by atoms with Crippen molar-refractivity contribution in [3.05, 3.63) is 0 Å². The Bertz CT molecular complexity index is 280. The van der Waals surface area contributed by atoms with Crippen molar-refractivity contribution in [2.24, 2.45) is 0 Å². The first-order valence-corrected chi connectivity index (χ1v) is 4.69. The summed E-state index contributed by atoms with van der Waals surface area (Å²) >= 11 is 0. The number of rotatable bonds is 5. The van der Waals surface area contributed by atoms with Crippen molar-refractivity contribution in [1.29, 1.82) is 0 Å². The van der Waals surface area contributed by atoms with Crippen molar-refractivity contribution in [3.63, 3.8) is 0 Å². The molecule has 0 unspecified atom stereocenters. The minimum Gasteiger partial charge on any atom is -0.469 e. The number of methoxy groups -OCH3 is 2. The number of ether oxygens (including phenoxy) is 2. The molecule has 0 saturated carbocycles. The molecule has 0 aliphatic rings. The van der Waals surface area contributed by atoms with Crippen LogP contribution in [0.3, 0.4) is 0 Å². The van der Waals surface area contributed by atoms with Gasteiger partial charge in [-0.1, -0.05) is 0 Å². The van der Waals surface area contributed by atoms with E-state index in [1.165, 1.54) is 6.92 Å². The van der Waals surface area contributed by atoms with Gasteiger partial charge in [0, 0.05) is 0 Å². The molecule has 0 aliphatic heterocycles. The van der Waals surface area contributed by atoms with E-state index in [-0.39, 0.29) is 0 Å². The first kappa shape index (κ1) is 15.7. The molecule has 100 valence electrons. The van der Waals surface area contributed by atoms with E-state index in [1.54, 1.807) is 0 Å². The maximum atomic E-state index is 12.5. The maximum Gasteiger partial charge on any atom is 0.404 e. The second-order valence-electron chi connectivity index (χ2n) is 3.29. The average molecular weight is 257 g/mol. The lowest BCUT2D eigenvalue weighted by atomic mass is 10.1. The molecule has 0 aromatic rings. The highest BCUT2D eigenvalue weighted by atomic mass is 19.4. The molecule has 0 saturated heterocycles. The Morgan fingerprint density at radius 3 is 2.12 bits per heavy atom. The van der Waals surface area contributed by atoms with E-state index in [0.29, 0.717) is 0 Å². The van der Waals surface area contributed by atoms with Crippen LogP contribution >= 0.6 is 0 Å². The summed E-state index contributed by atoms with van der Waals surface area (Å²) in [7, 11) is 2.04. The van der Waals surface area contributed by atoms with Crippen LogP contribution in [-0.2, 0) is 19.1 Å². The van der Waals surface area contributed by atoms with Gasteiger partial charge in [-0.3, -0.25) is 14.9 Å². The third kappa shape index (κ3) is 5.53. The monoisotopic (exact) mass is 257 g/mol. The Labute approximate surface area is 96.3 Å². The zero-order valence-electron chi connectivity index (χ0n) is 9.63. The predicted octanol–water partition coefficient (Wildman–Crippen LogP) is 0.631. The fourth-order valence-electron chi connectivity index (χ4n) is 1.07. The van der Waals surface area contributed by atoms with Gasteiger partial charge in [0.2, 0.25) is 0 Å². The first-order valence-electron chi connectivity index (χ1n) is 4.69. The third-order valence-corrected chi connectivity index (χ3v) is 2.00. The highest BCUT2D eigenvalue weighted by Crippen LogP contribution is 2.23. The van der Waals surface area contributed by atoms with Gasteiger partial charge in [-0.15, -0.1) is 0 Å². The third-order valence-electron chi connectivity index (χ3n) is 2.00. The predicted molar refractivity (Wildman–Crippen MR) is 51.1 cm³/mol. The lowest BCUT2D eigenvalue weighted by Gasteiger charge is -2.23. The van der Waals surface area contributed by atoms with Gasteiger partial charge < -0.3 is 9.47 Å². The summed E-state index contributed by atoms with van der Waals surface area (Å²) in [5, 5.41) is 1.97. The number of alkyl halides is 3. The summed E-state index contributed by atoms with van der Waals surface area (Å²) in [6.07, 6.45) is -5.56. The van der Waals surface area contributed by atoms with Crippen LogP contribution in [-0.4, -0.2) is 44.4 Å². The van der Waals surface area contributed by atoms with Gasteiger partial charge in [0.05, 0.1) is 20.6 Å². The van der Waals surface area contributed by atoms with Crippen LogP contribution in [0.25, 0.3) is 0 Å². The van der Waals surface area contributed by atoms with Crippen molar-refractivity contribution in [1.82, 2.24) is 5.32 Å². The van der Waals surface area contributed by atoms with Crippen LogP contribution in [0.4, 0.5) is 13.2 Å². The largest absolute Gasteiger partial charge is 0.469 e. The Morgan fingerprint density at radius 1 is 1.24 bits per heavy atom. The van der Waals surface area contributed by atoms with Crippen molar-refractivity contribution < 1.29 is 32.2 Å². The fourth-order valence-corrected chi connectivity index (χ4v) is 1.07. The number of hydrogen-bond acceptors (Lipinski definition) is 5. The van der Waals surface area contributed by atoms with Gasteiger partial charge in [-0.25, -0.2) is 0 Å². The highest BCUT2D eigenvalue weighted by molar-refractivity contribution is 5.75. The molecule has 0 aromatic heterocycles. The minimum absolute atomic E-state index is 0.843. The summed E-state index contributed by atoms with van der Waals surface area (Å²) in [4.78, 5) is 21.8. The lowest BCUT2D eigenvalue weighted by Crippen LogP contribution is -2.50. The summed E-state index contributed by atoms with van der Waals surface area (Å²) in [6.45, 7) is 1.21. The molecule has 0 aromatic carbocycles. The SMILES string of the molecule is COC(=O)C[C@H](N[C@@H](C)C(=O)OC)C(F)(F)F. The van der Waals surface area contributed by atoms with Crippen LogP contribution in [0.1, 0.15) is 13.3 Å². The Kier molecular flexibility index (Phi) is 5.94. The maximum absolute atomic E-state index is 12.5. The molecule has 2 atom stereocenters. The highest BCUT2D eigenvalue weighted by Gasteiger charge is 2.42. The topological polar surface area (TPSA) is 64.6 Å². The van der Waals surface area contributed by atoms with E-state index in [2.05, 4.69) is 9.47 Å². The van der Waals surface area contributed by atoms with Crippen LogP contribution in [0, 0.1) is 0 Å². The number of nitrogens with one attached hydrogen (secondary N) is 1. The van der Waals surface area contributed by atoms with Crippen LogP contribution in [0.2, 0.25) is 0 Å². The number of carbonyl (C=O) groups is 2. The Morgan fingerprint density at radius 2 is 1.76 bits per heavy atom. The Hall–Kier alpha value is -1.31. The van der Waals surface area contributed by atoms with Crippen molar-refractivity contribution in [2.75, 3.05) is 14.2 Å². The number of halogens is 3. The average Bonchev–Trinajstić information content (AvgIpc) is 2.25. The second-order valence-corrected chi connectivity index (χ2v) is 3.29. The summed E-state index contributed by atoms with van der Waals surface area (Å²) < 4.78 is 46.0. The van der Waals surface area contributed by atoms with E-state index in [0.717, 1.165) is 14.2 Å². The molecule has 0 radical (unpaired) electrons. The molecule has 0 aliphatic carbocycles. The molecule has 1 N–H and O–H groups in total. The fraction of sp³-hybridized carbons (Fsp3) is 0.778. The van der Waals surface area contributed by atoms with Gasteiger partial charge in [-0.05, 0) is 6.92 Å². The molecule has 0 amide bonds. The van der Waals surface area contributed by atoms with Crippen LogP contribution < -0.4 is 5.32 Å². The van der Waals surface area contributed by atoms with E-state index < -0.39 is 36.6 Å². The number of esters is 2. The summed E-state index contributed by atoms with van der Waals surface area (Å²) in [5.74, 6) is -1.86. The van der Waals surface area contributed by atoms with Gasteiger partial charge in [0.15, 0.2) is 0 Å². The summed E-state index contributed by atoms with van der Waals surface area (Å²) in [5.41, 5.74) is 0. The molecule has 0 spiro atoms. The normalized spacial score (nSPS) is 14.9. The van der Waals surface area contributed by atoms with E-state index in [4.69, 9.17) is 0 Å². The summed E-state index contributed by atoms with van der Waals surface area (Å²) in [6, 6.07) is -3.32. The lowest BCUT2D eigenvalue weighted by molar-refractivity contribution is -0.172. The van der Waals surface area contributed by atoms with Crippen molar-refractivity contribution in [2.45, 2.75) is 31.6 Å². The molecule has 0 fully saturated rings.